The molecule has 3 nitrogen and oxygen atoms in total. The first-order valence-electron chi connectivity index (χ1n) is 7.87. The van der Waals surface area contributed by atoms with Gasteiger partial charge in [0.2, 0.25) is 5.91 Å². The maximum Gasteiger partial charge on any atom is 0.236 e. The number of carbonyl (C=O) groups is 1. The summed E-state index contributed by atoms with van der Waals surface area (Å²) in [5.41, 5.74) is 1.35. The van der Waals surface area contributed by atoms with Gasteiger partial charge in [-0.3, -0.25) is 4.79 Å². The minimum atomic E-state index is 0.261. The van der Waals surface area contributed by atoms with Crippen molar-refractivity contribution in [1.29, 1.82) is 0 Å². The number of nitrogens with one attached hydrogen (secondary N) is 1. The van der Waals surface area contributed by atoms with Crippen molar-refractivity contribution >= 4 is 29.0 Å². The molecule has 1 aliphatic carbocycles. The molecule has 0 radical (unpaired) electrons. The summed E-state index contributed by atoms with van der Waals surface area (Å²) in [5, 5.41) is 6.35. The Kier molecular flexibility index (Phi) is 5.24. The molecule has 1 saturated carbocycles. The Bertz CT molecular complexity index is 488. The van der Waals surface area contributed by atoms with Gasteiger partial charge in [-0.25, -0.2) is 0 Å². The number of thiophene rings is 1. The zero-order chi connectivity index (χ0) is 14.7. The molecule has 1 N–H and O–H groups in total. The van der Waals surface area contributed by atoms with Crippen LogP contribution in [0.2, 0.25) is 0 Å². The van der Waals surface area contributed by atoms with E-state index >= 15 is 0 Å². The molecule has 1 fully saturated rings. The van der Waals surface area contributed by atoms with E-state index in [1.807, 2.05) is 28.0 Å². The summed E-state index contributed by atoms with van der Waals surface area (Å²) < 4.78 is 0. The lowest BCUT2D eigenvalue weighted by molar-refractivity contribution is -0.131. The Balaban J connectivity index is 1.50. The zero-order valence-corrected chi connectivity index (χ0v) is 14.3. The molecule has 0 bridgehead atoms. The monoisotopic (exact) mass is 324 g/mol. The first-order valence-corrected chi connectivity index (χ1v) is 10.0. The fourth-order valence-corrected chi connectivity index (χ4v) is 5.26. The number of nitrogens with zero attached hydrogens (tertiary/aromatic N) is 1. The molecule has 1 amide bonds. The highest BCUT2D eigenvalue weighted by molar-refractivity contribution is 7.99. The van der Waals surface area contributed by atoms with Gasteiger partial charge in [0.25, 0.3) is 0 Å². The van der Waals surface area contributed by atoms with Crippen LogP contribution in [0.5, 0.6) is 0 Å². The largest absolute Gasteiger partial charge is 0.337 e. The van der Waals surface area contributed by atoms with E-state index in [0.717, 1.165) is 19.5 Å². The van der Waals surface area contributed by atoms with Gasteiger partial charge in [-0.1, -0.05) is 12.8 Å². The molecule has 3 rings (SSSR count). The Morgan fingerprint density at radius 2 is 2.33 bits per heavy atom. The minimum absolute atomic E-state index is 0.261. The summed E-state index contributed by atoms with van der Waals surface area (Å²) in [6, 6.07) is 2.68. The lowest BCUT2D eigenvalue weighted by atomic mass is 9.95. The topological polar surface area (TPSA) is 32.3 Å². The maximum atomic E-state index is 12.4. The van der Waals surface area contributed by atoms with E-state index in [4.69, 9.17) is 0 Å². The first kappa shape index (κ1) is 15.4. The number of hydrogen-bond donors (Lipinski definition) is 1. The van der Waals surface area contributed by atoms with Gasteiger partial charge >= 0.3 is 0 Å². The number of amides is 1. The van der Waals surface area contributed by atoms with Crippen LogP contribution in [0.3, 0.4) is 0 Å². The van der Waals surface area contributed by atoms with E-state index in [9.17, 15) is 4.79 Å². The van der Waals surface area contributed by atoms with Crippen LogP contribution < -0.4 is 5.32 Å². The van der Waals surface area contributed by atoms with Crippen LogP contribution in [0.25, 0.3) is 0 Å². The summed E-state index contributed by atoms with van der Waals surface area (Å²) in [6.07, 6.45) is 8.35. The Morgan fingerprint density at radius 3 is 3.19 bits per heavy atom. The van der Waals surface area contributed by atoms with E-state index in [0.29, 0.717) is 17.8 Å². The third-order valence-electron chi connectivity index (χ3n) is 4.68. The molecule has 5 heteroatoms. The van der Waals surface area contributed by atoms with Crippen LogP contribution in [0.4, 0.5) is 0 Å². The molecule has 1 aromatic rings. The minimum Gasteiger partial charge on any atom is -0.337 e. The van der Waals surface area contributed by atoms with Crippen molar-refractivity contribution in [2.24, 2.45) is 0 Å². The highest BCUT2D eigenvalue weighted by Gasteiger charge is 2.26. The second-order valence-electron chi connectivity index (χ2n) is 5.98. The van der Waals surface area contributed by atoms with Crippen LogP contribution in [0.15, 0.2) is 11.4 Å². The van der Waals surface area contributed by atoms with Gasteiger partial charge in [0, 0.05) is 29.3 Å². The Labute approximate surface area is 135 Å². The van der Waals surface area contributed by atoms with Gasteiger partial charge < -0.3 is 10.2 Å². The summed E-state index contributed by atoms with van der Waals surface area (Å²) in [5.74, 6) is 0.261. The van der Waals surface area contributed by atoms with Crippen LogP contribution in [-0.2, 0) is 17.8 Å². The first-order chi connectivity index (χ1) is 10.3. The van der Waals surface area contributed by atoms with Crippen molar-refractivity contribution in [3.8, 4) is 0 Å². The summed E-state index contributed by atoms with van der Waals surface area (Å²) in [6.45, 7) is 2.18. The summed E-state index contributed by atoms with van der Waals surface area (Å²) in [7, 11) is 0. The summed E-state index contributed by atoms with van der Waals surface area (Å²) >= 11 is 3.77. The van der Waals surface area contributed by atoms with Crippen molar-refractivity contribution < 1.29 is 4.79 Å². The van der Waals surface area contributed by atoms with Crippen molar-refractivity contribution in [1.82, 2.24) is 10.2 Å². The van der Waals surface area contributed by atoms with Crippen molar-refractivity contribution in [3.05, 3.63) is 21.9 Å². The third kappa shape index (κ3) is 3.63. The number of carbonyl (C=O) groups excluding carboxylic acids is 1. The third-order valence-corrected chi connectivity index (χ3v) is 6.87. The SMILES string of the molecule is CSC1CCCCC1NCC(=O)N1CCc2sccc2C1. The number of hydrogen-bond acceptors (Lipinski definition) is 4. The molecule has 1 aliphatic heterocycles. The van der Waals surface area contributed by atoms with Crippen molar-refractivity contribution in [2.45, 2.75) is 49.9 Å². The van der Waals surface area contributed by atoms with E-state index in [1.54, 1.807) is 0 Å². The molecule has 0 aromatic carbocycles. The van der Waals surface area contributed by atoms with E-state index in [-0.39, 0.29) is 5.91 Å². The number of fused-ring (bicyclic) bond motifs is 1. The van der Waals surface area contributed by atoms with Crippen molar-refractivity contribution in [3.63, 3.8) is 0 Å². The molecule has 21 heavy (non-hydrogen) atoms. The molecule has 2 heterocycles. The van der Waals surface area contributed by atoms with Gasteiger partial charge in [0.15, 0.2) is 0 Å². The predicted molar refractivity (Wildman–Crippen MR) is 91.0 cm³/mol. The lowest BCUT2D eigenvalue weighted by Crippen LogP contribution is -2.47. The molecule has 2 aliphatic rings. The van der Waals surface area contributed by atoms with Gasteiger partial charge in [-0.15, -0.1) is 11.3 Å². The van der Waals surface area contributed by atoms with Crippen LogP contribution in [-0.4, -0.2) is 41.4 Å². The Morgan fingerprint density at radius 1 is 1.48 bits per heavy atom. The zero-order valence-electron chi connectivity index (χ0n) is 12.6. The van der Waals surface area contributed by atoms with Gasteiger partial charge in [0.1, 0.15) is 0 Å². The molecule has 0 spiro atoms. The normalized spacial score (nSPS) is 25.7. The van der Waals surface area contributed by atoms with E-state index in [1.165, 1.54) is 36.1 Å². The average molecular weight is 325 g/mol. The smallest absolute Gasteiger partial charge is 0.236 e. The van der Waals surface area contributed by atoms with Gasteiger partial charge in [-0.05, 0) is 42.5 Å². The molecule has 2 unspecified atom stereocenters. The number of thioether (sulfide) groups is 1. The highest BCUT2D eigenvalue weighted by atomic mass is 32.2. The fraction of sp³-hybridized carbons (Fsp3) is 0.688. The maximum absolute atomic E-state index is 12.4. The quantitative estimate of drug-likeness (QED) is 0.924. The van der Waals surface area contributed by atoms with Gasteiger partial charge in [-0.2, -0.15) is 11.8 Å². The van der Waals surface area contributed by atoms with E-state index in [2.05, 4.69) is 23.0 Å². The average Bonchev–Trinajstić information content (AvgIpc) is 3.00. The lowest BCUT2D eigenvalue weighted by Gasteiger charge is -2.32. The molecule has 2 atom stereocenters. The van der Waals surface area contributed by atoms with Crippen LogP contribution in [0.1, 0.15) is 36.1 Å². The van der Waals surface area contributed by atoms with Gasteiger partial charge in [0.05, 0.1) is 6.54 Å². The van der Waals surface area contributed by atoms with Crippen LogP contribution >= 0.6 is 23.1 Å². The van der Waals surface area contributed by atoms with Crippen molar-refractivity contribution in [2.75, 3.05) is 19.3 Å². The fourth-order valence-electron chi connectivity index (χ4n) is 3.40. The molecular weight excluding hydrogens is 300 g/mol. The molecule has 1 aromatic heterocycles. The molecule has 116 valence electrons. The second kappa shape index (κ2) is 7.16. The predicted octanol–water partition coefficient (Wildman–Crippen LogP) is 2.90. The Hall–Kier alpha value is -0.520. The summed E-state index contributed by atoms with van der Waals surface area (Å²) in [4.78, 5) is 15.9. The highest BCUT2D eigenvalue weighted by Crippen LogP contribution is 2.27. The van der Waals surface area contributed by atoms with Crippen LogP contribution in [0, 0.1) is 0 Å². The standard InChI is InChI=1S/C16H24N2OS2/c1-20-15-5-3-2-4-13(15)17-10-16(19)18-8-6-14-12(11-18)7-9-21-14/h7,9,13,15,17H,2-6,8,10-11H2,1H3. The second-order valence-corrected chi connectivity index (χ2v) is 8.06. The van der Waals surface area contributed by atoms with E-state index < -0.39 is 0 Å². The number of rotatable bonds is 4. The molecule has 0 saturated heterocycles. The molecular formula is C16H24N2OS2.